The van der Waals surface area contributed by atoms with Crippen LogP contribution in [0.15, 0.2) is 29.8 Å². The number of thiazole rings is 1. The van der Waals surface area contributed by atoms with Crippen molar-refractivity contribution in [1.82, 2.24) is 4.98 Å². The van der Waals surface area contributed by atoms with Crippen molar-refractivity contribution in [1.29, 1.82) is 0 Å². The predicted octanol–water partition coefficient (Wildman–Crippen LogP) is 3.01. The maximum Gasteiger partial charge on any atom is 0.165 e. The molecular formula is C15H20N2O2S. The second-order valence-corrected chi connectivity index (χ2v) is 5.51. The van der Waals surface area contributed by atoms with Gasteiger partial charge in [0, 0.05) is 17.6 Å². The number of nitrogens with two attached hydrogens (primary N) is 1. The molecule has 0 aliphatic rings. The van der Waals surface area contributed by atoms with Crippen LogP contribution in [0, 0.1) is 0 Å². The Morgan fingerprint density at radius 1 is 1.40 bits per heavy atom. The molecule has 4 nitrogen and oxygen atoms in total. The van der Waals surface area contributed by atoms with E-state index in [1.165, 1.54) is 0 Å². The molecule has 0 spiro atoms. The van der Waals surface area contributed by atoms with E-state index in [-0.39, 0.29) is 6.04 Å². The summed E-state index contributed by atoms with van der Waals surface area (Å²) in [6, 6.07) is 6.03. The Bertz CT molecular complexity index is 529. The van der Waals surface area contributed by atoms with Gasteiger partial charge in [0.15, 0.2) is 11.5 Å². The number of aromatic nitrogens is 1. The normalized spacial score (nSPS) is 12.2. The maximum absolute atomic E-state index is 6.05. The molecule has 0 aliphatic carbocycles. The monoisotopic (exact) mass is 292 g/mol. The lowest BCUT2D eigenvalue weighted by molar-refractivity contribution is 0.280. The Morgan fingerprint density at radius 3 is 2.90 bits per heavy atom. The predicted molar refractivity (Wildman–Crippen MR) is 81.4 cm³/mol. The molecule has 1 atom stereocenters. The van der Waals surface area contributed by atoms with E-state index in [1.807, 2.05) is 23.6 Å². The van der Waals surface area contributed by atoms with Crippen molar-refractivity contribution >= 4 is 11.3 Å². The summed E-state index contributed by atoms with van der Waals surface area (Å²) >= 11 is 1.58. The van der Waals surface area contributed by atoms with E-state index in [4.69, 9.17) is 15.2 Å². The number of methoxy groups -OCH3 is 1. The van der Waals surface area contributed by atoms with Crippen molar-refractivity contribution in [2.24, 2.45) is 5.73 Å². The minimum Gasteiger partial charge on any atom is -0.493 e. The summed E-state index contributed by atoms with van der Waals surface area (Å²) in [7, 11) is 1.65. The van der Waals surface area contributed by atoms with E-state index in [0.29, 0.717) is 6.61 Å². The second kappa shape index (κ2) is 7.26. The van der Waals surface area contributed by atoms with Gasteiger partial charge in [0.2, 0.25) is 0 Å². The number of para-hydroxylation sites is 1. The molecule has 2 aromatic rings. The maximum atomic E-state index is 6.05. The van der Waals surface area contributed by atoms with Crippen LogP contribution in [0.4, 0.5) is 0 Å². The number of rotatable bonds is 7. The smallest absolute Gasteiger partial charge is 0.165 e. The van der Waals surface area contributed by atoms with E-state index in [0.717, 1.165) is 34.9 Å². The highest BCUT2D eigenvalue weighted by Crippen LogP contribution is 2.32. The van der Waals surface area contributed by atoms with Gasteiger partial charge in [-0.15, -0.1) is 11.3 Å². The second-order valence-electron chi connectivity index (χ2n) is 4.54. The molecule has 0 amide bonds. The third-order valence-corrected chi connectivity index (χ3v) is 3.86. The lowest BCUT2D eigenvalue weighted by Gasteiger charge is -2.16. The molecule has 0 fully saturated rings. The molecule has 2 rings (SSSR count). The van der Waals surface area contributed by atoms with E-state index < -0.39 is 0 Å². The molecule has 1 unspecified atom stereocenters. The highest BCUT2D eigenvalue weighted by molar-refractivity contribution is 7.09. The summed E-state index contributed by atoms with van der Waals surface area (Å²) < 4.78 is 11.3. The molecule has 5 heteroatoms. The standard InChI is InChI=1S/C15H20N2O2S/c1-3-12(16)9-11-5-4-6-13(18-2)15(11)19-10-14-17-7-8-20-14/h4-8,12H,3,9-10,16H2,1-2H3. The van der Waals surface area contributed by atoms with Gasteiger partial charge in [-0.05, 0) is 24.5 Å². The number of nitrogens with zero attached hydrogens (tertiary/aromatic N) is 1. The van der Waals surface area contributed by atoms with Crippen LogP contribution in [-0.2, 0) is 13.0 Å². The van der Waals surface area contributed by atoms with Gasteiger partial charge < -0.3 is 15.2 Å². The van der Waals surface area contributed by atoms with Gasteiger partial charge in [-0.25, -0.2) is 4.98 Å². The van der Waals surface area contributed by atoms with Crippen LogP contribution in [0.2, 0.25) is 0 Å². The van der Waals surface area contributed by atoms with Gasteiger partial charge >= 0.3 is 0 Å². The van der Waals surface area contributed by atoms with Gasteiger partial charge in [0.05, 0.1) is 7.11 Å². The van der Waals surface area contributed by atoms with Crippen molar-refractivity contribution in [2.45, 2.75) is 32.4 Å². The van der Waals surface area contributed by atoms with E-state index in [9.17, 15) is 0 Å². The van der Waals surface area contributed by atoms with Gasteiger partial charge in [0.25, 0.3) is 0 Å². The van der Waals surface area contributed by atoms with Crippen LogP contribution in [0.5, 0.6) is 11.5 Å². The van der Waals surface area contributed by atoms with E-state index >= 15 is 0 Å². The fourth-order valence-electron chi connectivity index (χ4n) is 1.93. The largest absolute Gasteiger partial charge is 0.493 e. The molecule has 0 saturated heterocycles. The third kappa shape index (κ3) is 3.71. The molecule has 0 bridgehead atoms. The van der Waals surface area contributed by atoms with Crippen LogP contribution < -0.4 is 15.2 Å². The molecule has 1 aromatic carbocycles. The molecule has 0 saturated carbocycles. The number of benzene rings is 1. The molecule has 2 N–H and O–H groups in total. The Morgan fingerprint density at radius 2 is 2.25 bits per heavy atom. The van der Waals surface area contributed by atoms with Crippen molar-refractivity contribution in [2.75, 3.05) is 7.11 Å². The fraction of sp³-hybridized carbons (Fsp3) is 0.400. The van der Waals surface area contributed by atoms with Crippen LogP contribution in [0.3, 0.4) is 0 Å². The van der Waals surface area contributed by atoms with Crippen LogP contribution in [0.1, 0.15) is 23.9 Å². The molecule has 20 heavy (non-hydrogen) atoms. The Balaban J connectivity index is 2.18. The van der Waals surface area contributed by atoms with Crippen molar-refractivity contribution in [3.63, 3.8) is 0 Å². The van der Waals surface area contributed by atoms with Gasteiger partial charge in [0.1, 0.15) is 11.6 Å². The van der Waals surface area contributed by atoms with Crippen LogP contribution >= 0.6 is 11.3 Å². The molecular weight excluding hydrogens is 272 g/mol. The first-order valence-corrected chi connectivity index (χ1v) is 7.55. The quantitative estimate of drug-likeness (QED) is 0.852. The van der Waals surface area contributed by atoms with Gasteiger partial charge in [-0.1, -0.05) is 19.1 Å². The van der Waals surface area contributed by atoms with Crippen molar-refractivity contribution < 1.29 is 9.47 Å². The number of hydrogen-bond donors (Lipinski definition) is 1. The first kappa shape index (κ1) is 14.8. The average Bonchev–Trinajstić information content (AvgIpc) is 2.98. The first-order valence-electron chi connectivity index (χ1n) is 6.67. The Kier molecular flexibility index (Phi) is 5.38. The van der Waals surface area contributed by atoms with Crippen molar-refractivity contribution in [3.05, 3.63) is 40.3 Å². The fourth-order valence-corrected chi connectivity index (χ4v) is 2.46. The minimum absolute atomic E-state index is 0.129. The molecule has 108 valence electrons. The summed E-state index contributed by atoms with van der Waals surface area (Å²) in [4.78, 5) is 4.22. The average molecular weight is 292 g/mol. The summed E-state index contributed by atoms with van der Waals surface area (Å²) in [6.45, 7) is 2.54. The zero-order valence-corrected chi connectivity index (χ0v) is 12.7. The summed E-state index contributed by atoms with van der Waals surface area (Å²) in [6.07, 6.45) is 3.49. The lowest BCUT2D eigenvalue weighted by Crippen LogP contribution is -2.21. The molecule has 0 aliphatic heterocycles. The topological polar surface area (TPSA) is 57.4 Å². The van der Waals surface area contributed by atoms with E-state index in [1.54, 1.807) is 24.6 Å². The number of hydrogen-bond acceptors (Lipinski definition) is 5. The van der Waals surface area contributed by atoms with Gasteiger partial charge in [-0.2, -0.15) is 0 Å². The summed E-state index contributed by atoms with van der Waals surface area (Å²) in [5.41, 5.74) is 7.13. The highest BCUT2D eigenvalue weighted by Gasteiger charge is 2.13. The first-order chi connectivity index (χ1) is 9.74. The molecule has 1 heterocycles. The van der Waals surface area contributed by atoms with Crippen LogP contribution in [-0.4, -0.2) is 18.1 Å². The Hall–Kier alpha value is -1.59. The Labute approximate surface area is 123 Å². The van der Waals surface area contributed by atoms with Crippen molar-refractivity contribution in [3.8, 4) is 11.5 Å². The molecule has 0 radical (unpaired) electrons. The highest BCUT2D eigenvalue weighted by atomic mass is 32.1. The zero-order valence-electron chi connectivity index (χ0n) is 11.8. The SMILES string of the molecule is CCC(N)Cc1cccc(OC)c1OCc1nccs1. The lowest BCUT2D eigenvalue weighted by atomic mass is 10.0. The van der Waals surface area contributed by atoms with Crippen LogP contribution in [0.25, 0.3) is 0 Å². The van der Waals surface area contributed by atoms with Gasteiger partial charge in [-0.3, -0.25) is 0 Å². The number of ether oxygens (including phenoxy) is 2. The zero-order chi connectivity index (χ0) is 14.4. The van der Waals surface area contributed by atoms with E-state index in [2.05, 4.69) is 11.9 Å². The third-order valence-electron chi connectivity index (χ3n) is 3.11. The summed E-state index contributed by atoms with van der Waals surface area (Å²) in [5, 5.41) is 2.89. The molecule has 1 aromatic heterocycles. The minimum atomic E-state index is 0.129. The summed E-state index contributed by atoms with van der Waals surface area (Å²) in [5.74, 6) is 1.51.